The second-order valence-electron chi connectivity index (χ2n) is 9.19. The van der Waals surface area contributed by atoms with Gasteiger partial charge in [0.25, 0.3) is 0 Å². The van der Waals surface area contributed by atoms with Crippen molar-refractivity contribution in [2.24, 2.45) is 0 Å². The van der Waals surface area contributed by atoms with E-state index in [-0.39, 0.29) is 38.5 Å². The van der Waals surface area contributed by atoms with E-state index in [0.717, 1.165) is 16.7 Å². The molecule has 8 N–H and O–H groups in total. The van der Waals surface area contributed by atoms with Crippen LogP contribution in [0.5, 0.6) is 0 Å². The largest absolute Gasteiger partial charge is 0.811 e. The molecule has 1 fully saturated rings. The molecule has 3 aromatic rings. The molecule has 0 saturated carbocycles. The first kappa shape index (κ1) is 33.7. The van der Waals surface area contributed by atoms with Gasteiger partial charge in [0.1, 0.15) is 18.3 Å². The van der Waals surface area contributed by atoms with Gasteiger partial charge in [0, 0.05) is 7.11 Å². The van der Waals surface area contributed by atoms with Crippen LogP contribution in [0, 0.1) is 0 Å². The van der Waals surface area contributed by atoms with Gasteiger partial charge in [-0.05, 0) is 29.3 Å². The van der Waals surface area contributed by atoms with Gasteiger partial charge in [-0.1, -0.05) is 98.6 Å². The summed E-state index contributed by atoms with van der Waals surface area (Å²) in [5.41, 5.74) is 2.85. The van der Waals surface area contributed by atoms with Gasteiger partial charge in [0.2, 0.25) is 0 Å². The average molecular weight is 577 g/mol. The lowest BCUT2D eigenvalue weighted by Gasteiger charge is -2.46. The number of benzene rings is 3. The lowest BCUT2D eigenvalue weighted by atomic mass is 9.96. The second-order valence-corrected chi connectivity index (χ2v) is 10.9. The number of rotatable bonds is 13. The van der Waals surface area contributed by atoms with Crippen LogP contribution in [0.3, 0.4) is 0 Å². The van der Waals surface area contributed by atoms with E-state index in [4.69, 9.17) is 23.7 Å². The minimum atomic E-state index is -4.76. The van der Waals surface area contributed by atoms with Gasteiger partial charge in [-0.2, -0.15) is 0 Å². The van der Waals surface area contributed by atoms with Crippen LogP contribution in [-0.2, 0) is 48.1 Å². The maximum Gasteiger partial charge on any atom is 0.186 e. The molecular weight excluding hydrogens is 535 g/mol. The monoisotopic (exact) mass is 576 g/mol. The highest BCUT2D eigenvalue weighted by molar-refractivity contribution is 7.48. The molecule has 1 heterocycles. The predicted octanol–water partition coefficient (Wildman–Crippen LogP) is 4.17. The van der Waals surface area contributed by atoms with E-state index < -0.39 is 44.5 Å². The summed E-state index contributed by atoms with van der Waals surface area (Å²) in [5, 5.41) is 0. The van der Waals surface area contributed by atoms with Crippen LogP contribution in [0.4, 0.5) is 0 Å². The highest BCUT2D eigenvalue weighted by Crippen LogP contribution is 2.35. The molecule has 0 radical (unpaired) electrons. The van der Waals surface area contributed by atoms with E-state index in [1.807, 2.05) is 91.0 Å². The molecule has 0 aliphatic carbocycles. The number of quaternary nitrogens is 2. The summed E-state index contributed by atoms with van der Waals surface area (Å²) in [5.74, 6) is 0. The molecule has 0 unspecified atom stereocenters. The van der Waals surface area contributed by atoms with Crippen LogP contribution in [0.1, 0.15) is 23.1 Å². The molecule has 0 spiro atoms. The molecular formula is C29H41N2O8P. The zero-order valence-electron chi connectivity index (χ0n) is 23.3. The summed E-state index contributed by atoms with van der Waals surface area (Å²) in [6.07, 6.45) is -4.34. The van der Waals surface area contributed by atoms with Crippen LogP contribution in [-0.4, -0.2) is 44.0 Å². The van der Waals surface area contributed by atoms with Crippen molar-refractivity contribution in [1.82, 2.24) is 12.3 Å². The maximum atomic E-state index is 11.5. The van der Waals surface area contributed by atoms with Crippen molar-refractivity contribution in [3.05, 3.63) is 108 Å². The second kappa shape index (κ2) is 16.7. The Morgan fingerprint density at radius 3 is 1.48 bits per heavy atom. The Bertz CT molecular complexity index is 1140. The number of hydrogen-bond donors (Lipinski definition) is 2. The highest BCUT2D eigenvalue weighted by Gasteiger charge is 2.48. The van der Waals surface area contributed by atoms with E-state index >= 15 is 0 Å². The van der Waals surface area contributed by atoms with Gasteiger partial charge in [0.05, 0.1) is 25.9 Å². The first-order valence-corrected chi connectivity index (χ1v) is 14.3. The van der Waals surface area contributed by atoms with Crippen molar-refractivity contribution in [2.75, 3.05) is 13.3 Å². The Morgan fingerprint density at radius 1 is 0.675 bits per heavy atom. The maximum absolute atomic E-state index is 11.5. The average Bonchev–Trinajstić information content (AvgIpc) is 2.94. The standard InChI is InChI=1S/C29H35O8P.2H3N/c1-33-29-28(36-21-24-15-9-4-10-16-24)27(35-20-23-13-7-3-8-14-23)26(25(37-29)17-18-38(30,31)32)34-19-22-11-5-2-6-12-22;;/h2-16,25-29H,17-21H2,1H3,(H2,30,31,32);2*1H3/t25-,26-,27+,28+,29+;;/m1../s1. The molecule has 1 aliphatic rings. The number of ether oxygens (including phenoxy) is 5. The third-order valence-corrected chi connectivity index (χ3v) is 7.17. The lowest BCUT2D eigenvalue weighted by molar-refractivity contribution is -0.323. The van der Waals surface area contributed by atoms with Gasteiger partial charge >= 0.3 is 0 Å². The Labute approximate surface area is 235 Å². The minimum Gasteiger partial charge on any atom is -0.811 e. The third kappa shape index (κ3) is 10.2. The van der Waals surface area contributed by atoms with E-state index in [9.17, 15) is 14.4 Å². The van der Waals surface area contributed by atoms with E-state index in [0.29, 0.717) is 0 Å². The molecule has 10 nitrogen and oxygen atoms in total. The third-order valence-electron chi connectivity index (χ3n) is 6.37. The minimum absolute atomic E-state index is 0. The topological polar surface area (TPSA) is 182 Å². The van der Waals surface area contributed by atoms with Crippen LogP contribution in [0.25, 0.3) is 0 Å². The predicted molar refractivity (Wildman–Crippen MR) is 150 cm³/mol. The molecule has 220 valence electrons. The first-order chi connectivity index (χ1) is 18.4. The van der Waals surface area contributed by atoms with E-state index in [1.165, 1.54) is 7.11 Å². The Balaban J connectivity index is 0.00000280. The van der Waals surface area contributed by atoms with Crippen LogP contribution in [0.15, 0.2) is 91.0 Å². The van der Waals surface area contributed by atoms with Crippen molar-refractivity contribution < 1.29 is 38.0 Å². The van der Waals surface area contributed by atoms with Crippen LogP contribution in [0.2, 0.25) is 0 Å². The van der Waals surface area contributed by atoms with Crippen LogP contribution < -0.4 is 22.1 Å². The fraction of sp³-hybridized carbons (Fsp3) is 0.379. The Morgan fingerprint density at radius 2 is 1.07 bits per heavy atom. The van der Waals surface area contributed by atoms with Crippen molar-refractivity contribution in [1.29, 1.82) is 0 Å². The van der Waals surface area contributed by atoms with Crippen molar-refractivity contribution in [3.8, 4) is 0 Å². The summed E-state index contributed by atoms with van der Waals surface area (Å²) < 4.78 is 42.4. The van der Waals surface area contributed by atoms with Gasteiger partial charge in [-0.25, -0.2) is 0 Å². The normalized spacial score (nSPS) is 22.6. The molecule has 11 heteroatoms. The fourth-order valence-corrected chi connectivity index (χ4v) is 5.02. The molecule has 3 aromatic carbocycles. The van der Waals surface area contributed by atoms with Gasteiger partial charge in [-0.3, -0.25) is 0 Å². The molecule has 1 aliphatic heterocycles. The van der Waals surface area contributed by atoms with Gasteiger partial charge < -0.3 is 50.3 Å². The summed E-state index contributed by atoms with van der Waals surface area (Å²) in [7, 11) is -3.27. The van der Waals surface area contributed by atoms with E-state index in [1.54, 1.807) is 0 Å². The molecule has 5 atom stereocenters. The van der Waals surface area contributed by atoms with E-state index in [2.05, 4.69) is 0 Å². The zero-order valence-corrected chi connectivity index (χ0v) is 24.2. The number of hydrogen-bond acceptors (Lipinski definition) is 8. The van der Waals surface area contributed by atoms with Crippen molar-refractivity contribution in [3.63, 3.8) is 0 Å². The lowest BCUT2D eigenvalue weighted by Crippen LogP contribution is -2.60. The van der Waals surface area contributed by atoms with Gasteiger partial charge in [0.15, 0.2) is 6.29 Å². The number of methoxy groups -OCH3 is 1. The molecule has 0 aromatic heterocycles. The Kier molecular flexibility index (Phi) is 14.1. The SMILES string of the molecule is CO[C@H]1O[C@H](CCP(=O)([O-])[O-])[C@@H](OCc2ccccc2)[C@H](OCc2ccccc2)[C@@H]1OCc1ccccc1.[NH4+].[NH4+]. The molecule has 0 amide bonds. The molecule has 1 saturated heterocycles. The van der Waals surface area contributed by atoms with Gasteiger partial charge in [-0.15, -0.1) is 0 Å². The molecule has 0 bridgehead atoms. The zero-order chi connectivity index (χ0) is 26.8. The summed E-state index contributed by atoms with van der Waals surface area (Å²) >= 11 is 0. The Hall–Kier alpha value is -2.47. The van der Waals surface area contributed by atoms with Crippen molar-refractivity contribution >= 4 is 7.60 Å². The first-order valence-electron chi connectivity index (χ1n) is 12.6. The smallest absolute Gasteiger partial charge is 0.186 e. The highest BCUT2D eigenvalue weighted by atomic mass is 31.2. The molecule has 4 rings (SSSR count). The summed E-state index contributed by atoms with van der Waals surface area (Å²) in [4.78, 5) is 23.0. The fourth-order valence-electron chi connectivity index (χ4n) is 4.45. The summed E-state index contributed by atoms with van der Waals surface area (Å²) in [6, 6.07) is 29.0. The quantitative estimate of drug-likeness (QED) is 0.284. The van der Waals surface area contributed by atoms with Crippen LogP contribution >= 0.6 is 7.60 Å². The summed E-state index contributed by atoms with van der Waals surface area (Å²) in [6.45, 7) is 0.797. The molecule has 40 heavy (non-hydrogen) atoms. The van der Waals surface area contributed by atoms with Crippen molar-refractivity contribution in [2.45, 2.75) is 56.9 Å².